The maximum absolute atomic E-state index is 13.1. The fraction of sp³-hybridized carbons (Fsp3) is 0.542. The lowest BCUT2D eigenvalue weighted by molar-refractivity contribution is -0.137. The third-order valence-electron chi connectivity index (χ3n) is 6.33. The summed E-state index contributed by atoms with van der Waals surface area (Å²) >= 11 is 0. The summed E-state index contributed by atoms with van der Waals surface area (Å²) in [5.74, 6) is 0. The summed E-state index contributed by atoms with van der Waals surface area (Å²) in [5.41, 5.74) is 0.686. The molecule has 4 rings (SSSR count). The second-order valence-corrected chi connectivity index (χ2v) is 8.59. The first-order valence-electron chi connectivity index (χ1n) is 11.2. The van der Waals surface area contributed by atoms with E-state index < -0.39 is 17.8 Å². The molecule has 32 heavy (non-hydrogen) atoms. The minimum Gasteiger partial charge on any atom is -0.463 e. The summed E-state index contributed by atoms with van der Waals surface area (Å²) in [7, 11) is 0. The van der Waals surface area contributed by atoms with Gasteiger partial charge in [0.2, 0.25) is 0 Å². The van der Waals surface area contributed by atoms with Crippen LogP contribution in [0, 0.1) is 0 Å². The average molecular weight is 450 g/mol. The van der Waals surface area contributed by atoms with Crippen LogP contribution in [-0.4, -0.2) is 43.9 Å². The molecule has 2 N–H and O–H groups in total. The molecule has 1 aliphatic carbocycles. The van der Waals surface area contributed by atoms with Crippen molar-refractivity contribution in [1.82, 2.24) is 10.6 Å². The van der Waals surface area contributed by atoms with Crippen LogP contribution in [0.15, 0.2) is 53.1 Å². The van der Waals surface area contributed by atoms with Crippen molar-refractivity contribution < 1.29 is 22.6 Å². The third kappa shape index (κ3) is 5.35. The van der Waals surface area contributed by atoms with Crippen molar-refractivity contribution in [2.75, 3.05) is 26.3 Å². The normalized spacial score (nSPS) is 26.8. The molecule has 8 heteroatoms. The Morgan fingerprint density at radius 3 is 2.88 bits per heavy atom. The maximum atomic E-state index is 13.1. The fourth-order valence-corrected chi connectivity index (χ4v) is 4.40. The van der Waals surface area contributed by atoms with Crippen LogP contribution >= 0.6 is 0 Å². The van der Waals surface area contributed by atoms with E-state index in [1.807, 2.05) is 0 Å². The molecule has 0 amide bonds. The van der Waals surface area contributed by atoms with E-state index in [9.17, 15) is 13.2 Å². The predicted molar refractivity (Wildman–Crippen MR) is 117 cm³/mol. The molecule has 3 unspecified atom stereocenters. The quantitative estimate of drug-likeness (QED) is 0.670. The number of ether oxygens (including phenoxy) is 2. The largest absolute Gasteiger partial charge is 0.463 e. The highest BCUT2D eigenvalue weighted by molar-refractivity contribution is 5.75. The van der Waals surface area contributed by atoms with Crippen molar-refractivity contribution in [3.63, 3.8) is 0 Å². The van der Waals surface area contributed by atoms with Gasteiger partial charge in [0.15, 0.2) is 0 Å². The van der Waals surface area contributed by atoms with E-state index in [1.54, 1.807) is 13.0 Å². The van der Waals surface area contributed by atoms with E-state index in [0.29, 0.717) is 31.3 Å². The monoisotopic (exact) mass is 449 g/mol. The number of benzene rings is 1. The van der Waals surface area contributed by atoms with Crippen LogP contribution in [-0.2, 0) is 15.7 Å². The summed E-state index contributed by atoms with van der Waals surface area (Å²) in [6, 6.07) is 6.19. The van der Waals surface area contributed by atoms with Crippen LogP contribution in [0.4, 0.5) is 13.2 Å². The van der Waals surface area contributed by atoms with Crippen molar-refractivity contribution >= 4 is 6.02 Å². The van der Waals surface area contributed by atoms with Gasteiger partial charge < -0.3 is 20.1 Å². The van der Waals surface area contributed by atoms with Crippen LogP contribution < -0.4 is 10.6 Å². The Labute approximate surface area is 186 Å². The Bertz CT molecular complexity index is 887. The van der Waals surface area contributed by atoms with Crippen molar-refractivity contribution in [3.05, 3.63) is 59.2 Å². The molecule has 1 aromatic rings. The van der Waals surface area contributed by atoms with Crippen LogP contribution in [0.5, 0.6) is 0 Å². The first-order chi connectivity index (χ1) is 15.4. The van der Waals surface area contributed by atoms with E-state index in [2.05, 4.69) is 33.9 Å². The van der Waals surface area contributed by atoms with Gasteiger partial charge in [0, 0.05) is 12.6 Å². The Morgan fingerprint density at radius 1 is 1.34 bits per heavy atom. The van der Waals surface area contributed by atoms with Crippen molar-refractivity contribution in [1.29, 1.82) is 0 Å². The number of hydrogen-bond donors (Lipinski definition) is 2. The number of nitrogens with one attached hydrogen (secondary N) is 2. The van der Waals surface area contributed by atoms with Gasteiger partial charge in [-0.15, -0.1) is 0 Å². The highest BCUT2D eigenvalue weighted by atomic mass is 19.4. The van der Waals surface area contributed by atoms with Gasteiger partial charge in [-0.2, -0.15) is 13.2 Å². The molecule has 0 spiro atoms. The molecule has 2 aliphatic heterocycles. The standard InChI is InChI=1S/C24H30F3N3O2/c1-17(18-6-5-9-20(14-18)24(25,26)27)32-16-23(19-7-3-2-4-8-19)11-10-21(15-29-23)30-22-28-12-13-31-22/h3,5-9,14,17,21,29H,2,4,10-13,15-16H2,1H3,(H,28,30). The molecule has 0 radical (unpaired) electrons. The summed E-state index contributed by atoms with van der Waals surface area (Å²) in [6.07, 6.45) is 5.46. The summed E-state index contributed by atoms with van der Waals surface area (Å²) < 4.78 is 51.0. The fourth-order valence-electron chi connectivity index (χ4n) is 4.40. The van der Waals surface area contributed by atoms with E-state index >= 15 is 0 Å². The minimum absolute atomic E-state index is 0.203. The second kappa shape index (κ2) is 9.67. The molecule has 1 aromatic carbocycles. The van der Waals surface area contributed by atoms with Gasteiger partial charge in [0.25, 0.3) is 6.02 Å². The SMILES string of the molecule is CC(OCC1(C2=CCCC=C2)CCC(NC2=NCCO2)CN1)c1cccc(C(F)(F)F)c1. The van der Waals surface area contributed by atoms with Gasteiger partial charge in [-0.3, -0.25) is 0 Å². The maximum Gasteiger partial charge on any atom is 0.416 e. The molecule has 174 valence electrons. The number of hydrogen-bond acceptors (Lipinski definition) is 5. The number of aliphatic imine (C=N–C) groups is 1. The average Bonchev–Trinajstić information content (AvgIpc) is 3.32. The zero-order chi connectivity index (χ0) is 22.6. The lowest BCUT2D eigenvalue weighted by Crippen LogP contribution is -2.60. The van der Waals surface area contributed by atoms with Gasteiger partial charge in [0.1, 0.15) is 6.61 Å². The highest BCUT2D eigenvalue weighted by Crippen LogP contribution is 2.34. The van der Waals surface area contributed by atoms with E-state index in [4.69, 9.17) is 9.47 Å². The van der Waals surface area contributed by atoms with Crippen LogP contribution in [0.3, 0.4) is 0 Å². The van der Waals surface area contributed by atoms with Crippen molar-refractivity contribution in [3.8, 4) is 0 Å². The number of piperidine rings is 1. The van der Waals surface area contributed by atoms with Gasteiger partial charge in [-0.05, 0) is 55.9 Å². The van der Waals surface area contributed by atoms with Gasteiger partial charge >= 0.3 is 6.18 Å². The number of amidine groups is 1. The minimum atomic E-state index is -4.37. The molecule has 3 atom stereocenters. The first kappa shape index (κ1) is 22.9. The van der Waals surface area contributed by atoms with Gasteiger partial charge in [0.05, 0.1) is 30.4 Å². The summed E-state index contributed by atoms with van der Waals surface area (Å²) in [6.45, 7) is 4.20. The number of alkyl halides is 3. The Kier molecular flexibility index (Phi) is 6.90. The smallest absolute Gasteiger partial charge is 0.416 e. The summed E-state index contributed by atoms with van der Waals surface area (Å²) in [5, 5.41) is 7.02. The Hall–Kier alpha value is -2.32. The van der Waals surface area contributed by atoms with Crippen molar-refractivity contribution in [2.24, 2.45) is 4.99 Å². The topological polar surface area (TPSA) is 54.9 Å². The molecule has 1 saturated heterocycles. The molecule has 2 heterocycles. The van der Waals surface area contributed by atoms with E-state index in [-0.39, 0.29) is 11.6 Å². The molecule has 3 aliphatic rings. The first-order valence-corrected chi connectivity index (χ1v) is 11.2. The lowest BCUT2D eigenvalue weighted by Gasteiger charge is -2.43. The zero-order valence-electron chi connectivity index (χ0n) is 18.3. The highest BCUT2D eigenvalue weighted by Gasteiger charge is 2.39. The molecule has 1 fully saturated rings. The van der Waals surface area contributed by atoms with Gasteiger partial charge in [-0.25, -0.2) is 4.99 Å². The van der Waals surface area contributed by atoms with E-state index in [0.717, 1.165) is 38.3 Å². The summed E-state index contributed by atoms with van der Waals surface area (Å²) in [4.78, 5) is 4.30. The Balaban J connectivity index is 1.44. The van der Waals surface area contributed by atoms with Gasteiger partial charge in [-0.1, -0.05) is 30.4 Å². The number of rotatable bonds is 6. The molecule has 0 saturated carbocycles. The van der Waals surface area contributed by atoms with Crippen LogP contribution in [0.1, 0.15) is 49.8 Å². The zero-order valence-corrected chi connectivity index (χ0v) is 18.3. The second-order valence-electron chi connectivity index (χ2n) is 8.59. The van der Waals surface area contributed by atoms with Crippen molar-refractivity contribution in [2.45, 2.75) is 56.5 Å². The molecule has 0 bridgehead atoms. The predicted octanol–water partition coefficient (Wildman–Crippen LogP) is 4.53. The van der Waals surface area contributed by atoms with Crippen LogP contribution in [0.2, 0.25) is 0 Å². The third-order valence-corrected chi connectivity index (χ3v) is 6.33. The van der Waals surface area contributed by atoms with Crippen LogP contribution in [0.25, 0.3) is 0 Å². The number of halogens is 3. The molecular weight excluding hydrogens is 419 g/mol. The molecule has 5 nitrogen and oxygen atoms in total. The Morgan fingerprint density at radius 2 is 2.22 bits per heavy atom. The number of allylic oxidation sites excluding steroid dienone is 2. The number of nitrogens with zero attached hydrogens (tertiary/aromatic N) is 1. The lowest BCUT2D eigenvalue weighted by atomic mass is 9.79. The molecular formula is C24H30F3N3O2. The molecule has 0 aromatic heterocycles. The van der Waals surface area contributed by atoms with E-state index in [1.165, 1.54) is 17.7 Å².